The fraction of sp³-hybridized carbons (Fsp3) is 0.636. The van der Waals surface area contributed by atoms with Gasteiger partial charge in [-0.1, -0.05) is 39.3 Å². The van der Waals surface area contributed by atoms with Gasteiger partial charge in [-0.25, -0.2) is 0 Å². The van der Waals surface area contributed by atoms with Gasteiger partial charge in [0.1, 0.15) is 0 Å². The van der Waals surface area contributed by atoms with Crippen LogP contribution in [-0.2, 0) is 4.43 Å². The van der Waals surface area contributed by atoms with E-state index in [1.807, 2.05) is 33.4 Å². The Morgan fingerprint density at radius 2 is 1.54 bits per heavy atom. The van der Waals surface area contributed by atoms with Crippen LogP contribution in [0, 0.1) is 12.3 Å². The minimum absolute atomic E-state index is 1.52. The average Bonchev–Trinajstić information content (AvgIpc) is 2.21. The van der Waals surface area contributed by atoms with E-state index in [9.17, 15) is 0 Å². The molecule has 2 heteroatoms. The maximum atomic E-state index is 5.20. The zero-order chi connectivity index (χ0) is 11.3. The molecule has 0 radical (unpaired) electrons. The highest BCUT2D eigenvalue weighted by molar-refractivity contribution is 6.76. The van der Waals surface area contributed by atoms with Crippen LogP contribution in [-0.4, -0.2) is 15.4 Å². The first kappa shape index (κ1) is 18.3. The Balaban J connectivity index is -0.000000218. The number of terminal acetylenes is 1. The zero-order valence-corrected chi connectivity index (χ0v) is 11.1. The van der Waals surface area contributed by atoms with Crippen molar-refractivity contribution in [1.29, 1.82) is 0 Å². The molecule has 0 unspecified atom stereocenters. The minimum Gasteiger partial charge on any atom is -0.417 e. The Morgan fingerprint density at radius 1 is 1.15 bits per heavy atom. The molecule has 0 bridgehead atoms. The fourth-order valence-corrected chi connectivity index (χ4v) is 0.951. The summed E-state index contributed by atoms with van der Waals surface area (Å²) in [5, 5.41) is 0. The zero-order valence-electron chi connectivity index (χ0n) is 10.1. The quantitative estimate of drug-likeness (QED) is 0.489. The average molecular weight is 200 g/mol. The van der Waals surface area contributed by atoms with E-state index in [2.05, 4.69) is 19.0 Å². The second kappa shape index (κ2) is 14.0. The summed E-state index contributed by atoms with van der Waals surface area (Å²) in [4.78, 5) is 0. The van der Waals surface area contributed by atoms with Crippen molar-refractivity contribution in [1.82, 2.24) is 0 Å². The molecule has 0 aromatic carbocycles. The molecule has 0 aromatic rings. The van der Waals surface area contributed by atoms with Crippen molar-refractivity contribution in [2.75, 3.05) is 7.11 Å². The molecule has 0 saturated heterocycles. The molecule has 13 heavy (non-hydrogen) atoms. The lowest BCUT2D eigenvalue weighted by atomic mass is 10.7. The van der Waals surface area contributed by atoms with Crippen molar-refractivity contribution in [2.45, 2.75) is 40.8 Å². The Hall–Kier alpha value is -0.523. The highest BCUT2D eigenvalue weighted by atomic mass is 28.4. The van der Waals surface area contributed by atoms with Crippen LogP contribution < -0.4 is 0 Å². The Labute approximate surface area is 85.3 Å². The molecule has 0 fully saturated rings. The van der Waals surface area contributed by atoms with Gasteiger partial charge in [0, 0.05) is 7.11 Å². The highest BCUT2D eigenvalue weighted by Gasteiger charge is 2.14. The van der Waals surface area contributed by atoms with Gasteiger partial charge in [0.15, 0.2) is 0 Å². The molecule has 0 rings (SSSR count). The number of rotatable bonds is 2. The van der Waals surface area contributed by atoms with Crippen LogP contribution in [0.2, 0.25) is 13.1 Å². The van der Waals surface area contributed by atoms with E-state index in [-0.39, 0.29) is 0 Å². The van der Waals surface area contributed by atoms with Gasteiger partial charge in [-0.05, 0) is 19.2 Å². The second-order valence-electron chi connectivity index (χ2n) is 2.31. The lowest BCUT2D eigenvalue weighted by Gasteiger charge is -2.12. The maximum absolute atomic E-state index is 5.20. The number of allylic oxidation sites excluding steroid dienone is 1. The predicted octanol–water partition coefficient (Wildman–Crippen LogP) is 3.62. The largest absolute Gasteiger partial charge is 0.417 e. The maximum Gasteiger partial charge on any atom is 0.211 e. The molecule has 0 spiro atoms. The number of hydrogen-bond acceptors (Lipinski definition) is 1. The smallest absolute Gasteiger partial charge is 0.211 e. The summed E-state index contributed by atoms with van der Waals surface area (Å²) in [5.74, 6) is 2.43. The van der Waals surface area contributed by atoms with E-state index in [0.717, 1.165) is 0 Å². The Bertz CT molecular complexity index is 143. The second-order valence-corrected chi connectivity index (χ2v) is 6.26. The molecule has 0 saturated carbocycles. The summed E-state index contributed by atoms with van der Waals surface area (Å²) in [6.07, 6.45) is 6.72. The van der Waals surface area contributed by atoms with E-state index in [0.29, 0.717) is 0 Å². The molecule has 0 amide bonds. The monoisotopic (exact) mass is 200 g/mol. The van der Waals surface area contributed by atoms with Gasteiger partial charge in [0.05, 0.1) is 0 Å². The summed E-state index contributed by atoms with van der Waals surface area (Å²) < 4.78 is 5.20. The summed E-state index contributed by atoms with van der Waals surface area (Å²) >= 11 is 0. The van der Waals surface area contributed by atoms with Crippen molar-refractivity contribution in [2.24, 2.45) is 0 Å². The third-order valence-corrected chi connectivity index (χ3v) is 3.13. The molecular weight excluding hydrogens is 176 g/mol. The molecule has 0 heterocycles. The van der Waals surface area contributed by atoms with Gasteiger partial charge in [0.25, 0.3) is 0 Å². The summed E-state index contributed by atoms with van der Waals surface area (Å²) in [6.45, 7) is 12.2. The summed E-state index contributed by atoms with van der Waals surface area (Å²) in [5.41, 5.74) is 1.98. The molecule has 0 aliphatic rings. The highest BCUT2D eigenvalue weighted by Crippen LogP contribution is 2.02. The molecule has 1 nitrogen and oxygen atoms in total. The van der Waals surface area contributed by atoms with Crippen LogP contribution in [0.25, 0.3) is 0 Å². The van der Waals surface area contributed by atoms with Crippen LogP contribution in [0.15, 0.2) is 11.8 Å². The van der Waals surface area contributed by atoms with Crippen molar-refractivity contribution < 1.29 is 4.43 Å². The van der Waals surface area contributed by atoms with Crippen molar-refractivity contribution in [3.63, 3.8) is 0 Å². The molecule has 0 N–H and O–H groups in total. The van der Waals surface area contributed by atoms with Crippen LogP contribution >= 0.6 is 0 Å². The lowest BCUT2D eigenvalue weighted by molar-refractivity contribution is 0.415. The van der Waals surface area contributed by atoms with Crippen LogP contribution in [0.1, 0.15) is 27.7 Å². The van der Waals surface area contributed by atoms with E-state index in [1.165, 1.54) is 0 Å². The van der Waals surface area contributed by atoms with Gasteiger partial charge >= 0.3 is 0 Å². The molecule has 0 aliphatic carbocycles. The topological polar surface area (TPSA) is 9.23 Å². The molecular formula is C11H24OSi. The van der Waals surface area contributed by atoms with E-state index >= 15 is 0 Å². The van der Waals surface area contributed by atoms with Crippen LogP contribution in [0.4, 0.5) is 0 Å². The first-order valence-electron chi connectivity index (χ1n) is 4.81. The summed E-state index contributed by atoms with van der Waals surface area (Å²) in [6, 6.07) is 0. The molecule has 0 aromatic heterocycles. The normalized spacial score (nSPS) is 9.08. The van der Waals surface area contributed by atoms with Gasteiger partial charge in [0.2, 0.25) is 8.32 Å². The van der Waals surface area contributed by atoms with E-state index in [1.54, 1.807) is 13.2 Å². The van der Waals surface area contributed by atoms with Crippen molar-refractivity contribution in [3.05, 3.63) is 11.8 Å². The minimum atomic E-state index is -1.52. The predicted molar refractivity (Wildman–Crippen MR) is 65.2 cm³/mol. The van der Waals surface area contributed by atoms with Crippen LogP contribution in [0.3, 0.4) is 0 Å². The molecule has 78 valence electrons. The van der Waals surface area contributed by atoms with Gasteiger partial charge in [-0.2, -0.15) is 0 Å². The van der Waals surface area contributed by atoms with Gasteiger partial charge < -0.3 is 4.43 Å². The summed E-state index contributed by atoms with van der Waals surface area (Å²) in [7, 11) is 0.194. The van der Waals surface area contributed by atoms with Gasteiger partial charge in [-0.15, -0.1) is 6.42 Å². The Morgan fingerprint density at radius 3 is 1.77 bits per heavy atom. The third kappa shape index (κ3) is 18.4. The Kier molecular flexibility index (Phi) is 19.7. The lowest BCUT2D eigenvalue weighted by Crippen LogP contribution is -2.25. The first-order chi connectivity index (χ1) is 6.12. The van der Waals surface area contributed by atoms with Crippen molar-refractivity contribution in [3.8, 4) is 12.3 Å². The van der Waals surface area contributed by atoms with Gasteiger partial charge in [-0.3, -0.25) is 0 Å². The fourth-order valence-electron chi connectivity index (χ4n) is 0.317. The standard InChI is InChI=1S/C7H12OSi.2C2H6/c1-5-6-7-9(3,4)8-2;2*1-2/h1,6-7H,2-4H3;2*1-2H3/b7-6+;;. The van der Waals surface area contributed by atoms with Crippen molar-refractivity contribution >= 4 is 8.32 Å². The molecule has 0 atom stereocenters. The van der Waals surface area contributed by atoms with E-state index < -0.39 is 8.32 Å². The van der Waals surface area contributed by atoms with E-state index in [4.69, 9.17) is 10.8 Å². The first-order valence-corrected chi connectivity index (χ1v) is 7.80. The molecule has 0 aliphatic heterocycles. The third-order valence-electron chi connectivity index (χ3n) is 1.11. The SMILES string of the molecule is C#C/C=C/[Si](C)(C)OC.CC.CC. The van der Waals surface area contributed by atoms with Crippen LogP contribution in [0.5, 0.6) is 0 Å². The number of hydrogen-bond donors (Lipinski definition) is 0.